The Morgan fingerprint density at radius 2 is 1.71 bits per heavy atom. The zero-order chi connectivity index (χ0) is 15.1. The Bertz CT molecular complexity index is 548. The van der Waals surface area contributed by atoms with Gasteiger partial charge in [-0.15, -0.1) is 0 Å². The Hall–Kier alpha value is -1.67. The molecule has 2 rings (SSSR count). The predicted molar refractivity (Wildman–Crippen MR) is 87.0 cm³/mol. The topological polar surface area (TPSA) is 12.0 Å². The van der Waals surface area contributed by atoms with Crippen molar-refractivity contribution in [1.29, 1.82) is 0 Å². The quantitative estimate of drug-likeness (QED) is 0.765. The molecule has 1 atom stereocenters. The zero-order valence-electron chi connectivity index (χ0n) is 12.9. The van der Waals surface area contributed by atoms with Crippen molar-refractivity contribution in [3.05, 3.63) is 71.0 Å². The summed E-state index contributed by atoms with van der Waals surface area (Å²) in [6.07, 6.45) is 3.53. The van der Waals surface area contributed by atoms with Gasteiger partial charge in [0.2, 0.25) is 0 Å². The fourth-order valence-electron chi connectivity index (χ4n) is 2.58. The van der Waals surface area contributed by atoms with Crippen LogP contribution >= 0.6 is 0 Å². The van der Waals surface area contributed by atoms with Gasteiger partial charge in [-0.2, -0.15) is 0 Å². The fraction of sp³-hybridized carbons (Fsp3) is 0.368. The summed E-state index contributed by atoms with van der Waals surface area (Å²) >= 11 is 0. The number of benzene rings is 2. The molecule has 0 aliphatic heterocycles. The third-order valence-electron chi connectivity index (χ3n) is 3.76. The van der Waals surface area contributed by atoms with E-state index in [2.05, 4.69) is 36.5 Å². The van der Waals surface area contributed by atoms with Crippen LogP contribution in [0, 0.1) is 5.82 Å². The highest BCUT2D eigenvalue weighted by molar-refractivity contribution is 5.34. The van der Waals surface area contributed by atoms with Crippen LogP contribution in [-0.2, 0) is 6.42 Å². The van der Waals surface area contributed by atoms with Crippen molar-refractivity contribution in [1.82, 2.24) is 5.32 Å². The number of rotatable bonds is 7. The summed E-state index contributed by atoms with van der Waals surface area (Å²) in [5.74, 6) is -0.154. The molecule has 0 spiro atoms. The fourth-order valence-corrected chi connectivity index (χ4v) is 2.58. The van der Waals surface area contributed by atoms with Crippen molar-refractivity contribution in [3.63, 3.8) is 0 Å². The summed E-state index contributed by atoms with van der Waals surface area (Å²) in [5.41, 5.74) is 3.17. The van der Waals surface area contributed by atoms with Gasteiger partial charge in [-0.3, -0.25) is 0 Å². The first-order valence-corrected chi connectivity index (χ1v) is 7.83. The molecule has 0 heterocycles. The van der Waals surface area contributed by atoms with Crippen LogP contribution in [0.5, 0.6) is 0 Å². The molecule has 0 aliphatic rings. The molecule has 21 heavy (non-hydrogen) atoms. The van der Waals surface area contributed by atoms with Crippen LogP contribution in [0.2, 0.25) is 0 Å². The first kappa shape index (κ1) is 15.7. The standard InChI is InChI=1S/C19H24FN/c1-3-5-8-15-11-13-16(14-12-15)19(21-4-2)17-9-6-7-10-18(17)20/h6-7,9-14,19,21H,3-5,8H2,1-2H3. The van der Waals surface area contributed by atoms with Crippen molar-refractivity contribution in [2.24, 2.45) is 0 Å². The van der Waals surface area contributed by atoms with Crippen LogP contribution in [0.4, 0.5) is 4.39 Å². The normalized spacial score (nSPS) is 12.3. The van der Waals surface area contributed by atoms with Crippen molar-refractivity contribution < 1.29 is 4.39 Å². The second-order valence-corrected chi connectivity index (χ2v) is 5.36. The molecule has 0 fully saturated rings. The molecular formula is C19H24FN. The van der Waals surface area contributed by atoms with E-state index in [9.17, 15) is 4.39 Å². The average Bonchev–Trinajstić information content (AvgIpc) is 2.52. The van der Waals surface area contributed by atoms with E-state index in [1.165, 1.54) is 24.5 Å². The van der Waals surface area contributed by atoms with E-state index in [-0.39, 0.29) is 11.9 Å². The molecule has 0 saturated heterocycles. The van der Waals surface area contributed by atoms with Crippen LogP contribution in [0.25, 0.3) is 0 Å². The Morgan fingerprint density at radius 1 is 1.00 bits per heavy atom. The van der Waals surface area contributed by atoms with E-state index in [1.807, 2.05) is 19.1 Å². The second-order valence-electron chi connectivity index (χ2n) is 5.36. The van der Waals surface area contributed by atoms with Crippen molar-refractivity contribution in [3.8, 4) is 0 Å². The molecule has 0 saturated carbocycles. The van der Waals surface area contributed by atoms with Gasteiger partial charge in [0.15, 0.2) is 0 Å². The Balaban J connectivity index is 2.24. The van der Waals surface area contributed by atoms with E-state index in [0.717, 1.165) is 18.5 Å². The van der Waals surface area contributed by atoms with Gasteiger partial charge >= 0.3 is 0 Å². The third kappa shape index (κ3) is 4.15. The molecule has 1 unspecified atom stereocenters. The summed E-state index contributed by atoms with van der Waals surface area (Å²) < 4.78 is 14.1. The molecule has 0 radical (unpaired) electrons. The highest BCUT2D eigenvalue weighted by atomic mass is 19.1. The van der Waals surface area contributed by atoms with E-state index in [0.29, 0.717) is 5.56 Å². The maximum absolute atomic E-state index is 14.1. The number of nitrogens with one attached hydrogen (secondary N) is 1. The zero-order valence-corrected chi connectivity index (χ0v) is 12.9. The summed E-state index contributed by atoms with van der Waals surface area (Å²) in [6.45, 7) is 5.05. The van der Waals surface area contributed by atoms with Crippen LogP contribution in [0.15, 0.2) is 48.5 Å². The summed E-state index contributed by atoms with van der Waals surface area (Å²) in [4.78, 5) is 0. The van der Waals surface area contributed by atoms with Gasteiger partial charge in [0, 0.05) is 5.56 Å². The van der Waals surface area contributed by atoms with Gasteiger partial charge in [0.25, 0.3) is 0 Å². The minimum Gasteiger partial charge on any atom is -0.306 e. The van der Waals surface area contributed by atoms with Crippen molar-refractivity contribution >= 4 is 0 Å². The number of halogens is 1. The third-order valence-corrected chi connectivity index (χ3v) is 3.76. The SMILES string of the molecule is CCCCc1ccc(C(NCC)c2ccccc2F)cc1. The first-order valence-electron chi connectivity index (χ1n) is 7.83. The molecule has 2 aromatic carbocycles. The molecule has 0 aliphatic carbocycles. The maximum Gasteiger partial charge on any atom is 0.128 e. The molecule has 0 amide bonds. The van der Waals surface area contributed by atoms with Crippen molar-refractivity contribution in [2.45, 2.75) is 39.2 Å². The maximum atomic E-state index is 14.1. The molecule has 0 aromatic heterocycles. The van der Waals surface area contributed by atoms with Gasteiger partial charge in [0.1, 0.15) is 5.82 Å². The number of unbranched alkanes of at least 4 members (excludes halogenated alkanes) is 1. The van der Waals surface area contributed by atoms with E-state index in [1.54, 1.807) is 6.07 Å². The van der Waals surface area contributed by atoms with E-state index < -0.39 is 0 Å². The van der Waals surface area contributed by atoms with Gasteiger partial charge < -0.3 is 5.32 Å². The second kappa shape index (κ2) is 7.94. The summed E-state index contributed by atoms with van der Waals surface area (Å²) in [6, 6.07) is 15.5. The summed E-state index contributed by atoms with van der Waals surface area (Å²) in [5, 5.41) is 3.38. The molecule has 1 N–H and O–H groups in total. The van der Waals surface area contributed by atoms with Crippen LogP contribution in [0.1, 0.15) is 49.4 Å². The molecular weight excluding hydrogens is 261 g/mol. The molecule has 1 nitrogen and oxygen atoms in total. The monoisotopic (exact) mass is 285 g/mol. The van der Waals surface area contributed by atoms with E-state index in [4.69, 9.17) is 0 Å². The van der Waals surface area contributed by atoms with Gasteiger partial charge in [0.05, 0.1) is 6.04 Å². The highest BCUT2D eigenvalue weighted by Gasteiger charge is 2.16. The highest BCUT2D eigenvalue weighted by Crippen LogP contribution is 2.25. The average molecular weight is 285 g/mol. The molecule has 2 aromatic rings. The van der Waals surface area contributed by atoms with E-state index >= 15 is 0 Å². The lowest BCUT2D eigenvalue weighted by Crippen LogP contribution is -2.23. The lowest BCUT2D eigenvalue weighted by atomic mass is 9.96. The first-order chi connectivity index (χ1) is 10.3. The van der Waals surface area contributed by atoms with Gasteiger partial charge in [-0.25, -0.2) is 4.39 Å². The molecule has 112 valence electrons. The van der Waals surface area contributed by atoms with Crippen LogP contribution < -0.4 is 5.32 Å². The summed E-state index contributed by atoms with van der Waals surface area (Å²) in [7, 11) is 0. The lowest BCUT2D eigenvalue weighted by Gasteiger charge is -2.20. The van der Waals surface area contributed by atoms with Gasteiger partial charge in [-0.1, -0.05) is 62.7 Å². The smallest absolute Gasteiger partial charge is 0.128 e. The Morgan fingerprint density at radius 3 is 2.33 bits per heavy atom. The Labute approximate surface area is 127 Å². The number of aryl methyl sites for hydroxylation is 1. The number of hydrogen-bond donors (Lipinski definition) is 1. The van der Waals surface area contributed by atoms with Gasteiger partial charge in [-0.05, 0) is 36.6 Å². The lowest BCUT2D eigenvalue weighted by molar-refractivity contribution is 0.559. The number of hydrogen-bond acceptors (Lipinski definition) is 1. The minimum absolute atomic E-state index is 0.0866. The van der Waals surface area contributed by atoms with Crippen LogP contribution in [-0.4, -0.2) is 6.54 Å². The Kier molecular flexibility index (Phi) is 5.94. The molecule has 0 bridgehead atoms. The van der Waals surface area contributed by atoms with Crippen LogP contribution in [0.3, 0.4) is 0 Å². The minimum atomic E-state index is -0.154. The molecule has 2 heteroatoms. The predicted octanol–water partition coefficient (Wildman–Crippen LogP) is 4.87. The largest absolute Gasteiger partial charge is 0.306 e. The van der Waals surface area contributed by atoms with Crippen molar-refractivity contribution in [2.75, 3.05) is 6.54 Å².